The number of nitrogens with two attached hydrogens (primary N) is 1. The van der Waals surface area contributed by atoms with Crippen molar-refractivity contribution in [2.45, 2.75) is 0 Å². The molecule has 1 amide bonds. The normalized spacial score (nSPS) is 10.2. The van der Waals surface area contributed by atoms with E-state index in [0.29, 0.717) is 11.3 Å². The highest BCUT2D eigenvalue weighted by Crippen LogP contribution is 2.31. The Hall–Kier alpha value is -1.34. The third-order valence-electron chi connectivity index (χ3n) is 2.11. The topological polar surface area (TPSA) is 83.8 Å². The Balaban J connectivity index is 2.28. The van der Waals surface area contributed by atoms with Crippen LogP contribution in [0.1, 0.15) is 10.4 Å². The van der Waals surface area contributed by atoms with Crippen molar-refractivity contribution in [1.82, 2.24) is 10.2 Å². The molecule has 88 valence electrons. The van der Waals surface area contributed by atoms with E-state index in [-0.39, 0.29) is 11.7 Å². The molecular formula is C10H8Br2N4O. The number of H-pyrrole nitrogens is 1. The lowest BCUT2D eigenvalue weighted by Crippen LogP contribution is -2.13. The number of nitrogens with zero attached hydrogens (tertiary/aromatic N) is 1. The van der Waals surface area contributed by atoms with Crippen molar-refractivity contribution in [3.8, 4) is 0 Å². The Morgan fingerprint density at radius 3 is 2.53 bits per heavy atom. The first-order valence-electron chi connectivity index (χ1n) is 4.64. The fourth-order valence-corrected chi connectivity index (χ4v) is 2.47. The van der Waals surface area contributed by atoms with Crippen molar-refractivity contribution in [3.05, 3.63) is 38.9 Å². The van der Waals surface area contributed by atoms with Gasteiger partial charge in [0.25, 0.3) is 5.91 Å². The smallest absolute Gasteiger partial charge is 0.261 e. The van der Waals surface area contributed by atoms with Crippen LogP contribution in [0.15, 0.2) is 33.3 Å². The van der Waals surface area contributed by atoms with Gasteiger partial charge in [0.2, 0.25) is 0 Å². The molecule has 1 aromatic heterocycles. The zero-order valence-corrected chi connectivity index (χ0v) is 11.7. The highest BCUT2D eigenvalue weighted by atomic mass is 79.9. The van der Waals surface area contributed by atoms with E-state index in [2.05, 4.69) is 47.4 Å². The predicted octanol–water partition coefficient (Wildman–Crippen LogP) is 2.77. The minimum Gasteiger partial charge on any atom is -0.383 e. The maximum absolute atomic E-state index is 11.9. The van der Waals surface area contributed by atoms with Crippen LogP contribution in [0.2, 0.25) is 0 Å². The van der Waals surface area contributed by atoms with E-state index in [4.69, 9.17) is 5.73 Å². The highest BCUT2D eigenvalue weighted by Gasteiger charge is 2.14. The summed E-state index contributed by atoms with van der Waals surface area (Å²) >= 11 is 6.72. The lowest BCUT2D eigenvalue weighted by Gasteiger charge is -2.08. The molecule has 5 nitrogen and oxygen atoms in total. The van der Waals surface area contributed by atoms with E-state index in [9.17, 15) is 4.79 Å². The fraction of sp³-hybridized carbons (Fsp3) is 0. The minimum atomic E-state index is -0.316. The van der Waals surface area contributed by atoms with Crippen LogP contribution in [-0.2, 0) is 0 Å². The van der Waals surface area contributed by atoms with Gasteiger partial charge in [-0.3, -0.25) is 9.89 Å². The van der Waals surface area contributed by atoms with Gasteiger partial charge in [0, 0.05) is 8.95 Å². The maximum atomic E-state index is 11.9. The zero-order chi connectivity index (χ0) is 12.4. The van der Waals surface area contributed by atoms with Crippen molar-refractivity contribution < 1.29 is 4.79 Å². The second kappa shape index (κ2) is 4.89. The van der Waals surface area contributed by atoms with Crippen LogP contribution < -0.4 is 11.1 Å². The Kier molecular flexibility index (Phi) is 3.49. The Morgan fingerprint density at radius 1 is 1.35 bits per heavy atom. The molecule has 0 radical (unpaired) electrons. The molecule has 0 aliphatic heterocycles. The van der Waals surface area contributed by atoms with Gasteiger partial charge in [-0.25, -0.2) is 0 Å². The summed E-state index contributed by atoms with van der Waals surface area (Å²) in [7, 11) is 0. The van der Waals surface area contributed by atoms with Gasteiger partial charge >= 0.3 is 0 Å². The first kappa shape index (κ1) is 12.1. The summed E-state index contributed by atoms with van der Waals surface area (Å²) in [5, 5.41) is 8.95. The number of hydrogen-bond acceptors (Lipinski definition) is 3. The average molecular weight is 360 g/mol. The number of nitrogen functional groups attached to an aromatic ring is 1. The second-order valence-corrected chi connectivity index (χ2v) is 4.96. The molecular weight excluding hydrogens is 352 g/mol. The van der Waals surface area contributed by atoms with Gasteiger partial charge in [-0.2, -0.15) is 5.10 Å². The zero-order valence-electron chi connectivity index (χ0n) is 8.50. The molecule has 1 heterocycles. The van der Waals surface area contributed by atoms with Gasteiger partial charge in [0.05, 0.1) is 11.9 Å². The van der Waals surface area contributed by atoms with Crippen LogP contribution in [0.4, 0.5) is 11.5 Å². The summed E-state index contributed by atoms with van der Waals surface area (Å²) in [4.78, 5) is 11.9. The number of para-hydroxylation sites is 1. The summed E-state index contributed by atoms with van der Waals surface area (Å²) in [6, 6.07) is 5.52. The van der Waals surface area contributed by atoms with Gasteiger partial charge in [0.1, 0.15) is 11.4 Å². The van der Waals surface area contributed by atoms with Crippen LogP contribution >= 0.6 is 31.9 Å². The van der Waals surface area contributed by atoms with Gasteiger partial charge < -0.3 is 11.1 Å². The SMILES string of the molecule is Nc1[nH]ncc1C(=O)Nc1c(Br)cccc1Br. The number of anilines is 2. The molecule has 0 atom stereocenters. The summed E-state index contributed by atoms with van der Waals surface area (Å²) in [6.45, 7) is 0. The standard InChI is InChI=1S/C10H8Br2N4O/c11-6-2-1-3-7(12)8(6)15-10(17)5-4-14-16-9(5)13/h1-4H,(H,15,17)(H3,13,14,16). The maximum Gasteiger partial charge on any atom is 0.261 e. The summed E-state index contributed by atoms with van der Waals surface area (Å²) < 4.78 is 1.56. The van der Waals surface area contributed by atoms with E-state index in [1.54, 1.807) is 0 Å². The van der Waals surface area contributed by atoms with E-state index < -0.39 is 0 Å². The van der Waals surface area contributed by atoms with Crippen molar-refractivity contribution in [1.29, 1.82) is 0 Å². The molecule has 2 aromatic rings. The third-order valence-corrected chi connectivity index (χ3v) is 3.44. The van der Waals surface area contributed by atoms with Gasteiger partial charge in [-0.1, -0.05) is 6.07 Å². The van der Waals surface area contributed by atoms with Gasteiger partial charge in [-0.15, -0.1) is 0 Å². The molecule has 0 saturated carbocycles. The van der Waals surface area contributed by atoms with Crippen LogP contribution in [0.25, 0.3) is 0 Å². The van der Waals surface area contributed by atoms with E-state index >= 15 is 0 Å². The van der Waals surface area contributed by atoms with Crippen molar-refractivity contribution in [2.24, 2.45) is 0 Å². The number of hydrogen-bond donors (Lipinski definition) is 3. The van der Waals surface area contributed by atoms with Crippen LogP contribution in [0.5, 0.6) is 0 Å². The number of benzene rings is 1. The van der Waals surface area contributed by atoms with Crippen molar-refractivity contribution in [2.75, 3.05) is 11.1 Å². The number of carbonyl (C=O) groups is 1. The molecule has 17 heavy (non-hydrogen) atoms. The fourth-order valence-electron chi connectivity index (χ4n) is 1.28. The Labute approximate surface area is 114 Å². The van der Waals surface area contributed by atoms with E-state index in [1.807, 2.05) is 18.2 Å². The van der Waals surface area contributed by atoms with Crippen LogP contribution in [0, 0.1) is 0 Å². The quantitative estimate of drug-likeness (QED) is 0.770. The Bertz CT molecular complexity index is 547. The molecule has 4 N–H and O–H groups in total. The predicted molar refractivity (Wildman–Crippen MR) is 72.8 cm³/mol. The number of carbonyl (C=O) groups excluding carboxylic acids is 1. The molecule has 1 aromatic carbocycles. The van der Waals surface area contributed by atoms with Crippen LogP contribution in [0.3, 0.4) is 0 Å². The summed E-state index contributed by atoms with van der Waals surface area (Å²) in [5.41, 5.74) is 6.53. The summed E-state index contributed by atoms with van der Waals surface area (Å²) in [5.74, 6) is -0.0745. The van der Waals surface area contributed by atoms with Gasteiger partial charge in [0.15, 0.2) is 0 Å². The number of amides is 1. The molecule has 0 aliphatic rings. The van der Waals surface area contributed by atoms with Crippen molar-refractivity contribution >= 4 is 49.3 Å². The average Bonchev–Trinajstić information content (AvgIpc) is 2.70. The lowest BCUT2D eigenvalue weighted by molar-refractivity contribution is 0.102. The molecule has 0 bridgehead atoms. The van der Waals surface area contributed by atoms with Gasteiger partial charge in [-0.05, 0) is 44.0 Å². The first-order valence-corrected chi connectivity index (χ1v) is 6.22. The molecule has 0 spiro atoms. The molecule has 2 rings (SSSR count). The number of rotatable bonds is 2. The molecule has 0 aliphatic carbocycles. The molecule has 7 heteroatoms. The monoisotopic (exact) mass is 358 g/mol. The molecule has 0 fully saturated rings. The Morgan fingerprint density at radius 2 is 2.00 bits per heavy atom. The van der Waals surface area contributed by atoms with Crippen LogP contribution in [-0.4, -0.2) is 16.1 Å². The second-order valence-electron chi connectivity index (χ2n) is 3.25. The molecule has 0 saturated heterocycles. The minimum absolute atomic E-state index is 0.241. The van der Waals surface area contributed by atoms with Crippen molar-refractivity contribution in [3.63, 3.8) is 0 Å². The largest absolute Gasteiger partial charge is 0.383 e. The van der Waals surface area contributed by atoms with E-state index in [1.165, 1.54) is 6.20 Å². The third kappa shape index (κ3) is 2.50. The first-order chi connectivity index (χ1) is 8.09. The number of aromatic amines is 1. The number of aromatic nitrogens is 2. The highest BCUT2D eigenvalue weighted by molar-refractivity contribution is 9.11. The number of nitrogens with one attached hydrogen (secondary N) is 2. The van der Waals surface area contributed by atoms with E-state index in [0.717, 1.165) is 8.95 Å². The molecule has 0 unspecified atom stereocenters. The summed E-state index contributed by atoms with van der Waals surface area (Å²) in [6.07, 6.45) is 1.38. The lowest BCUT2D eigenvalue weighted by atomic mass is 10.2. The number of halogens is 2.